The van der Waals surface area contributed by atoms with Gasteiger partial charge in [0.15, 0.2) is 0 Å². The second-order valence-corrected chi connectivity index (χ2v) is 8.34. The van der Waals surface area contributed by atoms with E-state index in [-0.39, 0.29) is 11.9 Å². The molecule has 6 heteroatoms. The largest absolute Gasteiger partial charge is 0.419 e. The molecule has 1 fully saturated rings. The number of piperazine rings is 1. The molecule has 0 amide bonds. The van der Waals surface area contributed by atoms with E-state index in [4.69, 9.17) is 4.42 Å². The van der Waals surface area contributed by atoms with Gasteiger partial charge in [-0.3, -0.25) is 9.80 Å². The molecule has 5 nitrogen and oxygen atoms in total. The average molecular weight is 409 g/mol. The van der Waals surface area contributed by atoms with E-state index in [9.17, 15) is 4.39 Å². The van der Waals surface area contributed by atoms with Gasteiger partial charge in [-0.05, 0) is 48.2 Å². The molecule has 1 saturated heterocycles. The minimum atomic E-state index is -0.277. The zero-order chi connectivity index (χ0) is 21.1. The van der Waals surface area contributed by atoms with E-state index >= 15 is 0 Å². The summed E-state index contributed by atoms with van der Waals surface area (Å²) in [6.07, 6.45) is 0. The zero-order valence-corrected chi connectivity index (χ0v) is 17.9. The molecular formula is C24H29FN4O. The smallest absolute Gasteiger partial charge is 0.247 e. The average Bonchev–Trinajstić information content (AvgIpc) is 3.25. The Labute approximate surface area is 177 Å². The minimum Gasteiger partial charge on any atom is -0.419 e. The molecule has 4 rings (SSSR count). The maximum atomic E-state index is 13.1. The molecule has 0 radical (unpaired) electrons. The third-order valence-electron chi connectivity index (χ3n) is 5.90. The zero-order valence-electron chi connectivity index (χ0n) is 17.9. The monoisotopic (exact) mass is 408 g/mol. The topological polar surface area (TPSA) is 45.4 Å². The molecule has 0 spiro atoms. The summed E-state index contributed by atoms with van der Waals surface area (Å²) in [5.74, 6) is 1.32. The first-order valence-electron chi connectivity index (χ1n) is 10.6. The predicted octanol–water partition coefficient (Wildman–Crippen LogP) is 4.88. The fraction of sp³-hybridized carbons (Fsp3) is 0.417. The van der Waals surface area contributed by atoms with Crippen LogP contribution < -0.4 is 0 Å². The van der Waals surface area contributed by atoms with E-state index in [1.54, 1.807) is 12.1 Å². The van der Waals surface area contributed by atoms with Crippen LogP contribution in [0.4, 0.5) is 4.39 Å². The molecule has 158 valence electrons. The predicted molar refractivity (Wildman–Crippen MR) is 115 cm³/mol. The van der Waals surface area contributed by atoms with Crippen molar-refractivity contribution in [2.24, 2.45) is 0 Å². The molecule has 0 N–H and O–H groups in total. The molecule has 2 heterocycles. The highest BCUT2D eigenvalue weighted by Crippen LogP contribution is 2.25. The number of rotatable bonds is 6. The highest BCUT2D eigenvalue weighted by molar-refractivity contribution is 5.52. The lowest BCUT2D eigenvalue weighted by Crippen LogP contribution is -2.46. The summed E-state index contributed by atoms with van der Waals surface area (Å²) < 4.78 is 19.0. The Morgan fingerprint density at radius 1 is 0.900 bits per heavy atom. The van der Waals surface area contributed by atoms with Gasteiger partial charge in [0, 0.05) is 38.3 Å². The summed E-state index contributed by atoms with van der Waals surface area (Å²) in [5, 5.41) is 8.38. The number of halogens is 1. The molecule has 30 heavy (non-hydrogen) atoms. The molecule has 1 aromatic heterocycles. The van der Waals surface area contributed by atoms with Crippen LogP contribution in [0.25, 0.3) is 11.5 Å². The SMILES string of the molecule is CC(C)c1ccc(CN2CCN([C@H](C)c3nnc(-c4ccc(F)cc4)o3)CC2)cc1. The summed E-state index contributed by atoms with van der Waals surface area (Å²) in [6, 6.07) is 15.2. The third-order valence-corrected chi connectivity index (χ3v) is 5.90. The Balaban J connectivity index is 1.32. The molecule has 1 aliphatic heterocycles. The molecule has 1 atom stereocenters. The van der Waals surface area contributed by atoms with Crippen molar-refractivity contribution in [3.8, 4) is 11.5 Å². The van der Waals surface area contributed by atoms with Crippen LogP contribution in [0.5, 0.6) is 0 Å². The van der Waals surface area contributed by atoms with Crippen LogP contribution in [0.1, 0.15) is 49.7 Å². The van der Waals surface area contributed by atoms with Crippen molar-refractivity contribution in [2.45, 2.75) is 39.3 Å². The number of aromatic nitrogens is 2. The van der Waals surface area contributed by atoms with Crippen LogP contribution in [0.15, 0.2) is 52.9 Å². The molecule has 3 aromatic rings. The van der Waals surface area contributed by atoms with Gasteiger partial charge in [-0.15, -0.1) is 10.2 Å². The molecule has 0 unspecified atom stereocenters. The van der Waals surface area contributed by atoms with Crippen LogP contribution in [0.2, 0.25) is 0 Å². The van der Waals surface area contributed by atoms with E-state index < -0.39 is 0 Å². The van der Waals surface area contributed by atoms with Crippen LogP contribution in [0, 0.1) is 5.82 Å². The van der Waals surface area contributed by atoms with Crippen molar-refractivity contribution in [1.82, 2.24) is 20.0 Å². The van der Waals surface area contributed by atoms with E-state index in [1.165, 1.54) is 23.3 Å². The standard InChI is InChI=1S/C24H29FN4O/c1-17(2)20-6-4-19(5-7-20)16-28-12-14-29(15-13-28)18(3)23-26-27-24(30-23)21-8-10-22(25)11-9-21/h4-11,17-18H,12-16H2,1-3H3/t18-/m1/s1. The van der Waals surface area contributed by atoms with Gasteiger partial charge < -0.3 is 4.42 Å². The van der Waals surface area contributed by atoms with E-state index in [1.807, 2.05) is 0 Å². The lowest BCUT2D eigenvalue weighted by molar-refractivity contribution is 0.0876. The van der Waals surface area contributed by atoms with Crippen molar-refractivity contribution in [2.75, 3.05) is 26.2 Å². The Morgan fingerprint density at radius 3 is 2.20 bits per heavy atom. The second-order valence-electron chi connectivity index (χ2n) is 8.34. The summed E-state index contributed by atoms with van der Waals surface area (Å²) in [4.78, 5) is 4.87. The fourth-order valence-corrected chi connectivity index (χ4v) is 3.84. The van der Waals surface area contributed by atoms with Gasteiger partial charge in [-0.25, -0.2) is 4.39 Å². The molecule has 0 saturated carbocycles. The highest BCUT2D eigenvalue weighted by Gasteiger charge is 2.26. The van der Waals surface area contributed by atoms with Gasteiger partial charge in [0.2, 0.25) is 11.8 Å². The second kappa shape index (κ2) is 9.06. The van der Waals surface area contributed by atoms with Crippen molar-refractivity contribution in [1.29, 1.82) is 0 Å². The van der Waals surface area contributed by atoms with Crippen LogP contribution >= 0.6 is 0 Å². The normalized spacial score (nSPS) is 16.8. The Kier molecular flexibility index (Phi) is 6.25. The maximum absolute atomic E-state index is 13.1. The van der Waals surface area contributed by atoms with Crippen LogP contribution in [-0.4, -0.2) is 46.2 Å². The lowest BCUT2D eigenvalue weighted by Gasteiger charge is -2.36. The molecular weight excluding hydrogens is 379 g/mol. The molecule has 2 aromatic carbocycles. The van der Waals surface area contributed by atoms with Crippen LogP contribution in [-0.2, 0) is 6.54 Å². The summed E-state index contributed by atoms with van der Waals surface area (Å²) >= 11 is 0. The number of nitrogens with zero attached hydrogens (tertiary/aromatic N) is 4. The molecule has 1 aliphatic rings. The Bertz CT molecular complexity index is 944. The number of hydrogen-bond acceptors (Lipinski definition) is 5. The third kappa shape index (κ3) is 4.77. The van der Waals surface area contributed by atoms with Gasteiger partial charge >= 0.3 is 0 Å². The maximum Gasteiger partial charge on any atom is 0.247 e. The highest BCUT2D eigenvalue weighted by atomic mass is 19.1. The fourth-order valence-electron chi connectivity index (χ4n) is 3.84. The Morgan fingerprint density at radius 2 is 1.57 bits per heavy atom. The first-order chi connectivity index (χ1) is 14.5. The minimum absolute atomic E-state index is 0.0548. The first-order valence-corrected chi connectivity index (χ1v) is 10.6. The quantitative estimate of drug-likeness (QED) is 0.582. The van der Waals surface area contributed by atoms with Crippen LogP contribution in [0.3, 0.4) is 0 Å². The van der Waals surface area contributed by atoms with Crippen molar-refractivity contribution in [3.63, 3.8) is 0 Å². The van der Waals surface area contributed by atoms with E-state index in [2.05, 4.69) is 65.0 Å². The van der Waals surface area contributed by atoms with E-state index in [0.29, 0.717) is 17.7 Å². The molecule has 0 aliphatic carbocycles. The number of hydrogen-bond donors (Lipinski definition) is 0. The van der Waals surface area contributed by atoms with Crippen molar-refractivity contribution < 1.29 is 8.81 Å². The molecule has 0 bridgehead atoms. The summed E-state index contributed by atoms with van der Waals surface area (Å²) in [7, 11) is 0. The van der Waals surface area contributed by atoms with Crippen molar-refractivity contribution >= 4 is 0 Å². The summed E-state index contributed by atoms with van der Waals surface area (Å²) in [5.41, 5.74) is 3.48. The van der Waals surface area contributed by atoms with Crippen molar-refractivity contribution in [3.05, 3.63) is 71.4 Å². The van der Waals surface area contributed by atoms with E-state index in [0.717, 1.165) is 38.3 Å². The van der Waals surface area contributed by atoms with Gasteiger partial charge in [-0.1, -0.05) is 38.1 Å². The van der Waals surface area contributed by atoms with Gasteiger partial charge in [-0.2, -0.15) is 0 Å². The van der Waals surface area contributed by atoms with Gasteiger partial charge in [0.1, 0.15) is 5.82 Å². The summed E-state index contributed by atoms with van der Waals surface area (Å²) in [6.45, 7) is 11.5. The van der Waals surface area contributed by atoms with Gasteiger partial charge in [0.25, 0.3) is 0 Å². The number of benzene rings is 2. The van der Waals surface area contributed by atoms with Gasteiger partial charge in [0.05, 0.1) is 6.04 Å². The Hall–Kier alpha value is -2.57. The first kappa shape index (κ1) is 20.7. The lowest BCUT2D eigenvalue weighted by atomic mass is 10.0.